The summed E-state index contributed by atoms with van der Waals surface area (Å²) < 4.78 is 3.10. The van der Waals surface area contributed by atoms with Crippen LogP contribution in [0, 0.1) is 3.57 Å². The van der Waals surface area contributed by atoms with Gasteiger partial charge in [0.15, 0.2) is 11.0 Å². The van der Waals surface area contributed by atoms with E-state index in [-0.39, 0.29) is 11.7 Å². The van der Waals surface area contributed by atoms with Crippen molar-refractivity contribution in [2.24, 2.45) is 5.84 Å². The minimum absolute atomic E-state index is 0.191. The maximum Gasteiger partial charge on any atom is 0.244 e. The lowest BCUT2D eigenvalue weighted by Crippen LogP contribution is -2.31. The summed E-state index contributed by atoms with van der Waals surface area (Å²) in [4.78, 5) is 11.3. The third kappa shape index (κ3) is 5.22. The van der Waals surface area contributed by atoms with E-state index in [2.05, 4.69) is 50.1 Å². The van der Waals surface area contributed by atoms with Crippen LogP contribution in [0.2, 0.25) is 0 Å². The number of aromatic nitrogens is 3. The summed E-state index contributed by atoms with van der Waals surface area (Å²) >= 11 is 3.55. The van der Waals surface area contributed by atoms with Crippen LogP contribution in [0.5, 0.6) is 0 Å². The Bertz CT molecular complexity index is 672. The highest BCUT2D eigenvalue weighted by molar-refractivity contribution is 14.1. The molecule has 1 aromatic heterocycles. The highest BCUT2D eigenvalue weighted by Gasteiger charge is 2.13. The van der Waals surface area contributed by atoms with E-state index in [9.17, 15) is 4.79 Å². The van der Waals surface area contributed by atoms with Crippen LogP contribution in [0.15, 0.2) is 42.1 Å². The number of amides is 1. The number of hydrogen-bond acceptors (Lipinski definition) is 6. The normalized spacial score (nSPS) is 10.3. The molecule has 0 aliphatic rings. The Morgan fingerprint density at radius 1 is 1.39 bits per heavy atom. The molecule has 0 saturated carbocycles. The topological polar surface area (TPSA) is 97.9 Å². The van der Waals surface area contributed by atoms with Gasteiger partial charge in [0.1, 0.15) is 0 Å². The molecule has 0 fully saturated rings. The molecule has 9 heteroatoms. The summed E-state index contributed by atoms with van der Waals surface area (Å²) in [6.07, 6.45) is 1.77. The molecular weight excluding hydrogens is 427 g/mol. The van der Waals surface area contributed by atoms with Crippen LogP contribution >= 0.6 is 34.4 Å². The van der Waals surface area contributed by atoms with Gasteiger partial charge in [-0.05, 0) is 46.9 Å². The third-order valence-corrected chi connectivity index (χ3v) is 4.58. The van der Waals surface area contributed by atoms with Crippen molar-refractivity contribution in [1.29, 1.82) is 0 Å². The summed E-state index contributed by atoms with van der Waals surface area (Å²) in [5, 5.41) is 12.3. The van der Waals surface area contributed by atoms with Gasteiger partial charge in [0.25, 0.3) is 0 Å². The summed E-state index contributed by atoms with van der Waals surface area (Å²) in [6.45, 7) is 4.86. The highest BCUT2D eigenvalue weighted by Crippen LogP contribution is 2.18. The molecule has 0 spiro atoms. The smallest absolute Gasteiger partial charge is 0.244 e. The number of nitrogens with one attached hydrogen (secondary N) is 2. The molecule has 0 saturated heterocycles. The van der Waals surface area contributed by atoms with Gasteiger partial charge >= 0.3 is 0 Å². The molecule has 122 valence electrons. The van der Waals surface area contributed by atoms with Gasteiger partial charge in [-0.3, -0.25) is 10.2 Å². The van der Waals surface area contributed by atoms with Gasteiger partial charge in [-0.2, -0.15) is 0 Å². The van der Waals surface area contributed by atoms with Crippen LogP contribution in [-0.4, -0.2) is 26.4 Å². The van der Waals surface area contributed by atoms with Crippen molar-refractivity contribution in [3.05, 3.63) is 46.3 Å². The predicted molar refractivity (Wildman–Crippen MR) is 99.8 cm³/mol. The Kier molecular flexibility index (Phi) is 6.86. The zero-order valence-electron chi connectivity index (χ0n) is 12.3. The fraction of sp³-hybridized carbons (Fsp3) is 0.214. The van der Waals surface area contributed by atoms with Gasteiger partial charge in [-0.15, -0.1) is 16.8 Å². The molecule has 1 heterocycles. The Morgan fingerprint density at radius 3 is 2.78 bits per heavy atom. The molecule has 1 amide bonds. The first-order chi connectivity index (χ1) is 11.1. The van der Waals surface area contributed by atoms with Gasteiger partial charge in [0.2, 0.25) is 5.91 Å². The summed E-state index contributed by atoms with van der Waals surface area (Å²) in [6, 6.07) is 8.09. The van der Waals surface area contributed by atoms with E-state index in [0.29, 0.717) is 18.2 Å². The Balaban J connectivity index is 2.05. The van der Waals surface area contributed by atoms with Crippen LogP contribution in [0.25, 0.3) is 0 Å². The fourth-order valence-electron chi connectivity index (χ4n) is 1.79. The molecule has 23 heavy (non-hydrogen) atoms. The quantitative estimate of drug-likeness (QED) is 0.143. The van der Waals surface area contributed by atoms with E-state index in [1.54, 1.807) is 6.08 Å². The zero-order valence-corrected chi connectivity index (χ0v) is 15.3. The predicted octanol–water partition coefficient (Wildman–Crippen LogP) is 1.76. The van der Waals surface area contributed by atoms with E-state index >= 15 is 0 Å². The number of carbonyl (C=O) groups is 1. The Morgan fingerprint density at radius 2 is 2.13 bits per heavy atom. The van der Waals surface area contributed by atoms with Crippen molar-refractivity contribution < 1.29 is 4.79 Å². The van der Waals surface area contributed by atoms with Crippen molar-refractivity contribution in [1.82, 2.24) is 20.2 Å². The molecule has 0 bridgehead atoms. The molecule has 0 aliphatic carbocycles. The number of carbonyl (C=O) groups excluding carboxylic acids is 1. The van der Waals surface area contributed by atoms with E-state index < -0.39 is 0 Å². The Hall–Kier alpha value is -1.59. The monoisotopic (exact) mass is 444 g/mol. The maximum atomic E-state index is 11.3. The number of benzene rings is 1. The standard InChI is InChI=1S/C14H17IN6OS/c1-2-7-21-12(8-17-11-5-3-10(15)4-6-11)19-20-14(21)23-9-13(22)18-16/h2-6,17H,1,7-9,16H2,(H,18,22). The zero-order chi connectivity index (χ0) is 16.7. The van der Waals surface area contributed by atoms with Gasteiger partial charge in [0, 0.05) is 15.8 Å². The van der Waals surface area contributed by atoms with Crippen molar-refractivity contribution in [3.63, 3.8) is 0 Å². The van der Waals surface area contributed by atoms with Crippen LogP contribution in [0.4, 0.5) is 5.69 Å². The first kappa shape index (κ1) is 17.8. The number of allylic oxidation sites excluding steroid dienone is 1. The second-order valence-corrected chi connectivity index (χ2v) is 6.70. The Labute approximate surface area is 152 Å². The van der Waals surface area contributed by atoms with Gasteiger partial charge in [0.05, 0.1) is 12.3 Å². The van der Waals surface area contributed by atoms with E-state index in [1.807, 2.05) is 28.8 Å². The van der Waals surface area contributed by atoms with Crippen LogP contribution in [0.3, 0.4) is 0 Å². The lowest BCUT2D eigenvalue weighted by molar-refractivity contribution is -0.118. The van der Waals surface area contributed by atoms with Crippen molar-refractivity contribution in [3.8, 4) is 0 Å². The number of hydrogen-bond donors (Lipinski definition) is 3. The molecule has 2 aromatic rings. The summed E-state index contributed by atoms with van der Waals surface area (Å²) in [5.74, 6) is 5.78. The van der Waals surface area contributed by atoms with Gasteiger partial charge in [-0.25, -0.2) is 5.84 Å². The van der Waals surface area contributed by atoms with E-state index in [0.717, 1.165) is 11.5 Å². The number of nitrogens with two attached hydrogens (primary N) is 1. The lowest BCUT2D eigenvalue weighted by atomic mass is 10.3. The molecule has 0 aliphatic heterocycles. The number of halogens is 1. The first-order valence-electron chi connectivity index (χ1n) is 6.78. The fourth-order valence-corrected chi connectivity index (χ4v) is 2.93. The van der Waals surface area contributed by atoms with Gasteiger partial charge < -0.3 is 9.88 Å². The highest BCUT2D eigenvalue weighted by atomic mass is 127. The van der Waals surface area contributed by atoms with Gasteiger partial charge in [-0.1, -0.05) is 17.8 Å². The molecule has 1 aromatic carbocycles. The summed E-state index contributed by atoms with van der Waals surface area (Å²) in [7, 11) is 0. The molecule has 4 N–H and O–H groups in total. The van der Waals surface area contributed by atoms with Crippen molar-refractivity contribution in [2.45, 2.75) is 18.2 Å². The molecular formula is C14H17IN6OS. The minimum Gasteiger partial charge on any atom is -0.378 e. The number of anilines is 1. The SMILES string of the molecule is C=CCn1c(CNc2ccc(I)cc2)nnc1SCC(=O)NN. The number of rotatable bonds is 8. The molecule has 0 unspecified atom stereocenters. The van der Waals surface area contributed by atoms with Crippen LogP contribution < -0.4 is 16.6 Å². The molecule has 7 nitrogen and oxygen atoms in total. The molecule has 2 rings (SSSR count). The minimum atomic E-state index is -0.262. The van der Waals surface area contributed by atoms with Crippen LogP contribution in [0.1, 0.15) is 5.82 Å². The van der Waals surface area contributed by atoms with Crippen molar-refractivity contribution >= 4 is 45.9 Å². The number of nitrogens with zero attached hydrogens (tertiary/aromatic N) is 3. The average Bonchev–Trinajstić information content (AvgIpc) is 2.94. The second kappa shape index (κ2) is 8.89. The summed E-state index contributed by atoms with van der Waals surface area (Å²) in [5.41, 5.74) is 3.10. The van der Waals surface area contributed by atoms with Crippen molar-refractivity contribution in [2.75, 3.05) is 11.1 Å². The largest absolute Gasteiger partial charge is 0.378 e. The average molecular weight is 444 g/mol. The second-order valence-electron chi connectivity index (χ2n) is 4.51. The molecule has 0 atom stereocenters. The first-order valence-corrected chi connectivity index (χ1v) is 8.85. The number of hydrazine groups is 1. The van der Waals surface area contributed by atoms with Crippen LogP contribution in [-0.2, 0) is 17.9 Å². The maximum absolute atomic E-state index is 11.3. The van der Waals surface area contributed by atoms with E-state index in [1.165, 1.54) is 15.3 Å². The number of thioether (sulfide) groups is 1. The van der Waals surface area contributed by atoms with E-state index in [4.69, 9.17) is 5.84 Å². The third-order valence-electron chi connectivity index (χ3n) is 2.89. The lowest BCUT2D eigenvalue weighted by Gasteiger charge is -2.09. The molecule has 0 radical (unpaired) electrons.